The third-order valence-electron chi connectivity index (χ3n) is 2.79. The van der Waals surface area contributed by atoms with Crippen LogP contribution in [0.25, 0.3) is 0 Å². The van der Waals surface area contributed by atoms with Crippen molar-refractivity contribution in [3.05, 3.63) is 23.8 Å². The third-order valence-corrected chi connectivity index (χ3v) is 4.63. The minimum Gasteiger partial charge on any atom is -0.462 e. The number of anilines is 2. The van der Waals surface area contributed by atoms with Crippen molar-refractivity contribution in [1.29, 1.82) is 0 Å². The molecule has 0 radical (unpaired) electrons. The maximum atomic E-state index is 11.7. The molecule has 0 atom stereocenters. The summed E-state index contributed by atoms with van der Waals surface area (Å²) in [4.78, 5) is 11.7. The van der Waals surface area contributed by atoms with Crippen LogP contribution < -0.4 is 11.1 Å². The Kier molecular flexibility index (Phi) is 5.98. The molecule has 7 nitrogen and oxygen atoms in total. The molecule has 0 bridgehead atoms. The molecule has 21 heavy (non-hydrogen) atoms. The molecule has 0 saturated heterocycles. The second-order valence-electron chi connectivity index (χ2n) is 4.55. The number of hydrogen-bond acceptors (Lipinski definition) is 6. The van der Waals surface area contributed by atoms with Crippen LogP contribution in [0.5, 0.6) is 0 Å². The lowest BCUT2D eigenvalue weighted by atomic mass is 10.1. The highest BCUT2D eigenvalue weighted by Gasteiger charge is 2.14. The summed E-state index contributed by atoms with van der Waals surface area (Å²) in [6.07, 6.45) is 0. The largest absolute Gasteiger partial charge is 0.462 e. The number of carbonyl (C=O) groups is 1. The molecule has 1 aromatic carbocycles. The van der Waals surface area contributed by atoms with Gasteiger partial charge in [0.2, 0.25) is 10.0 Å². The fourth-order valence-electron chi connectivity index (χ4n) is 1.56. The summed E-state index contributed by atoms with van der Waals surface area (Å²) >= 11 is 0. The molecular formula is C13H21N3O4S. The van der Waals surface area contributed by atoms with Gasteiger partial charge >= 0.3 is 5.97 Å². The van der Waals surface area contributed by atoms with E-state index in [0.29, 0.717) is 11.4 Å². The van der Waals surface area contributed by atoms with Gasteiger partial charge in [-0.3, -0.25) is 0 Å². The molecular weight excluding hydrogens is 294 g/mol. The third kappa shape index (κ3) is 4.91. The number of sulfonamides is 1. The number of nitrogen functional groups attached to an aromatic ring is 1. The summed E-state index contributed by atoms with van der Waals surface area (Å²) in [5.41, 5.74) is 6.92. The SMILES string of the molecule is CCOC(=O)c1cc(NCCS(=O)(=O)N(C)C)ccc1N. The molecule has 0 aliphatic rings. The Labute approximate surface area is 125 Å². The molecule has 0 heterocycles. The van der Waals surface area contributed by atoms with Crippen molar-refractivity contribution in [3.63, 3.8) is 0 Å². The van der Waals surface area contributed by atoms with Crippen LogP contribution in [0.1, 0.15) is 17.3 Å². The molecule has 0 aliphatic carbocycles. The highest BCUT2D eigenvalue weighted by atomic mass is 32.2. The molecule has 0 aliphatic heterocycles. The monoisotopic (exact) mass is 315 g/mol. The van der Waals surface area contributed by atoms with Gasteiger partial charge in [0.05, 0.1) is 17.9 Å². The minimum absolute atomic E-state index is 0.0425. The first-order valence-electron chi connectivity index (χ1n) is 6.48. The Morgan fingerprint density at radius 2 is 2.05 bits per heavy atom. The molecule has 0 unspecified atom stereocenters. The highest BCUT2D eigenvalue weighted by molar-refractivity contribution is 7.89. The van der Waals surface area contributed by atoms with Crippen molar-refractivity contribution in [2.24, 2.45) is 0 Å². The average Bonchev–Trinajstić information content (AvgIpc) is 2.40. The van der Waals surface area contributed by atoms with Gasteiger partial charge in [0.1, 0.15) is 0 Å². The van der Waals surface area contributed by atoms with Gasteiger partial charge in [-0.1, -0.05) is 0 Å². The van der Waals surface area contributed by atoms with Crippen LogP contribution in [0.15, 0.2) is 18.2 Å². The Hall–Kier alpha value is -1.80. The molecule has 1 rings (SSSR count). The summed E-state index contributed by atoms with van der Waals surface area (Å²) < 4.78 is 29.3. The van der Waals surface area contributed by atoms with E-state index in [9.17, 15) is 13.2 Å². The van der Waals surface area contributed by atoms with Gasteiger partial charge in [0.25, 0.3) is 0 Å². The van der Waals surface area contributed by atoms with Crippen molar-refractivity contribution < 1.29 is 17.9 Å². The van der Waals surface area contributed by atoms with E-state index in [0.717, 1.165) is 0 Å². The number of nitrogens with zero attached hydrogens (tertiary/aromatic N) is 1. The Bertz CT molecular complexity index is 599. The van der Waals surface area contributed by atoms with Gasteiger partial charge in [0.15, 0.2) is 0 Å². The molecule has 0 spiro atoms. The standard InChI is InChI=1S/C13H21N3O4S/c1-4-20-13(17)11-9-10(5-6-12(11)14)15-7-8-21(18,19)16(2)3/h5-6,9,15H,4,7-8,14H2,1-3H3. The maximum Gasteiger partial charge on any atom is 0.340 e. The quantitative estimate of drug-likeness (QED) is 0.568. The van der Waals surface area contributed by atoms with E-state index >= 15 is 0 Å². The second kappa shape index (κ2) is 7.28. The predicted molar refractivity (Wildman–Crippen MR) is 82.8 cm³/mol. The summed E-state index contributed by atoms with van der Waals surface area (Å²) in [6.45, 7) is 2.20. The van der Waals surface area contributed by atoms with Crippen molar-refractivity contribution in [3.8, 4) is 0 Å². The minimum atomic E-state index is -3.26. The fourth-order valence-corrected chi connectivity index (χ4v) is 2.28. The molecule has 0 fully saturated rings. The summed E-state index contributed by atoms with van der Waals surface area (Å²) in [6, 6.07) is 4.81. The lowest BCUT2D eigenvalue weighted by Crippen LogP contribution is -2.28. The van der Waals surface area contributed by atoms with Gasteiger partial charge in [-0.25, -0.2) is 17.5 Å². The maximum absolute atomic E-state index is 11.7. The summed E-state index contributed by atoms with van der Waals surface area (Å²) in [5, 5.41) is 2.95. The number of benzene rings is 1. The smallest absolute Gasteiger partial charge is 0.340 e. The van der Waals surface area contributed by atoms with Crippen LogP contribution in [-0.4, -0.2) is 51.7 Å². The Morgan fingerprint density at radius 1 is 1.38 bits per heavy atom. The molecule has 8 heteroatoms. The Morgan fingerprint density at radius 3 is 2.62 bits per heavy atom. The first-order chi connectivity index (χ1) is 9.77. The topological polar surface area (TPSA) is 102 Å². The van der Waals surface area contributed by atoms with Crippen LogP contribution >= 0.6 is 0 Å². The van der Waals surface area contributed by atoms with E-state index in [1.165, 1.54) is 18.4 Å². The number of nitrogens with one attached hydrogen (secondary N) is 1. The zero-order chi connectivity index (χ0) is 16.0. The van der Waals surface area contributed by atoms with Crippen LogP contribution in [0.3, 0.4) is 0 Å². The number of carbonyl (C=O) groups excluding carboxylic acids is 1. The summed E-state index contributed by atoms with van der Waals surface area (Å²) in [7, 11) is -0.290. The van der Waals surface area contributed by atoms with Crippen molar-refractivity contribution in [2.45, 2.75) is 6.92 Å². The first-order valence-corrected chi connectivity index (χ1v) is 8.09. The Balaban J connectivity index is 2.73. The van der Waals surface area contributed by atoms with Gasteiger partial charge in [-0.15, -0.1) is 0 Å². The zero-order valence-electron chi connectivity index (χ0n) is 12.4. The van der Waals surface area contributed by atoms with Crippen molar-refractivity contribution in [1.82, 2.24) is 4.31 Å². The zero-order valence-corrected chi connectivity index (χ0v) is 13.2. The van der Waals surface area contributed by atoms with E-state index in [1.54, 1.807) is 25.1 Å². The van der Waals surface area contributed by atoms with E-state index in [-0.39, 0.29) is 24.5 Å². The van der Waals surface area contributed by atoms with Crippen LogP contribution in [0, 0.1) is 0 Å². The molecule has 118 valence electrons. The first kappa shape index (κ1) is 17.3. The van der Waals surface area contributed by atoms with Crippen LogP contribution in [-0.2, 0) is 14.8 Å². The van der Waals surface area contributed by atoms with Crippen molar-refractivity contribution in [2.75, 3.05) is 44.1 Å². The number of esters is 1. The van der Waals surface area contributed by atoms with Crippen molar-refractivity contribution >= 4 is 27.4 Å². The number of nitrogens with two attached hydrogens (primary N) is 1. The van der Waals surface area contributed by atoms with E-state index in [1.807, 2.05) is 0 Å². The number of hydrogen-bond donors (Lipinski definition) is 2. The van der Waals surface area contributed by atoms with E-state index in [4.69, 9.17) is 10.5 Å². The lowest BCUT2D eigenvalue weighted by molar-refractivity contribution is 0.0527. The predicted octanol–water partition coefficient (Wildman–Crippen LogP) is 0.749. The molecule has 1 aromatic rings. The fraction of sp³-hybridized carbons (Fsp3) is 0.462. The van der Waals surface area contributed by atoms with Gasteiger partial charge in [-0.2, -0.15) is 0 Å². The number of rotatable bonds is 7. The molecule has 0 aromatic heterocycles. The average molecular weight is 315 g/mol. The van der Waals surface area contributed by atoms with Crippen LogP contribution in [0.4, 0.5) is 11.4 Å². The normalized spacial score (nSPS) is 11.4. The van der Waals surface area contributed by atoms with Gasteiger partial charge in [-0.05, 0) is 25.1 Å². The second-order valence-corrected chi connectivity index (χ2v) is 6.85. The van der Waals surface area contributed by atoms with Gasteiger partial charge < -0.3 is 15.8 Å². The highest BCUT2D eigenvalue weighted by Crippen LogP contribution is 2.18. The summed E-state index contributed by atoms with van der Waals surface area (Å²) in [5.74, 6) is -0.543. The molecule has 0 saturated carbocycles. The van der Waals surface area contributed by atoms with E-state index < -0.39 is 16.0 Å². The molecule has 0 amide bonds. The van der Waals surface area contributed by atoms with E-state index in [2.05, 4.69) is 5.32 Å². The van der Waals surface area contributed by atoms with Crippen LogP contribution in [0.2, 0.25) is 0 Å². The number of ether oxygens (including phenoxy) is 1. The molecule has 3 N–H and O–H groups in total. The van der Waals surface area contributed by atoms with Gasteiger partial charge in [0, 0.05) is 32.0 Å². The lowest BCUT2D eigenvalue weighted by Gasteiger charge is -2.13.